The number of likely N-dealkylation sites (N-methyl/N-ethyl adjacent to an activating group) is 1. The maximum atomic E-state index is 12.9. The van der Waals surface area contributed by atoms with Gasteiger partial charge in [0, 0.05) is 56.8 Å². The number of methoxy groups -OCH3 is 1. The number of amides is 1. The van der Waals surface area contributed by atoms with Crippen LogP contribution in [-0.4, -0.2) is 73.0 Å². The molecule has 1 amide bonds. The summed E-state index contributed by atoms with van der Waals surface area (Å²) >= 11 is 0. The van der Waals surface area contributed by atoms with Crippen LogP contribution in [0.4, 0.5) is 0 Å². The molecule has 2 aliphatic rings. The molecule has 1 aromatic carbocycles. The van der Waals surface area contributed by atoms with Crippen LogP contribution in [-0.2, 0) is 11.3 Å². The fourth-order valence-electron chi connectivity index (χ4n) is 3.75. The van der Waals surface area contributed by atoms with Crippen molar-refractivity contribution in [1.82, 2.24) is 14.7 Å². The van der Waals surface area contributed by atoms with Crippen LogP contribution >= 0.6 is 0 Å². The summed E-state index contributed by atoms with van der Waals surface area (Å²) in [6.07, 6.45) is 3.85. The predicted octanol–water partition coefficient (Wildman–Crippen LogP) is 2.60. The lowest BCUT2D eigenvalue weighted by molar-refractivity contribution is -0.132. The molecule has 144 valence electrons. The van der Waals surface area contributed by atoms with Gasteiger partial charge >= 0.3 is 0 Å². The summed E-state index contributed by atoms with van der Waals surface area (Å²) in [7, 11) is 3.87. The van der Waals surface area contributed by atoms with Gasteiger partial charge in [-0.2, -0.15) is 0 Å². The molecule has 3 rings (SSSR count). The molecular formula is C21H33N3O2. The standard InChI is InChI=1S/C21H33N3O2/c1-17(23-14-12-22(2)13-15-23)8-11-21(25)24(19-9-10-19)16-18-6-4-5-7-20(18)26-3/h4-7,17,19H,8-16H2,1-3H3/t17-/m0/s1. The van der Waals surface area contributed by atoms with Gasteiger partial charge in [-0.1, -0.05) is 18.2 Å². The molecule has 0 bridgehead atoms. The quantitative estimate of drug-likeness (QED) is 0.715. The molecule has 0 aromatic heterocycles. The second kappa shape index (κ2) is 8.87. The van der Waals surface area contributed by atoms with Crippen LogP contribution in [0.15, 0.2) is 24.3 Å². The molecule has 1 aliphatic heterocycles. The minimum atomic E-state index is 0.291. The van der Waals surface area contributed by atoms with Gasteiger partial charge in [-0.15, -0.1) is 0 Å². The van der Waals surface area contributed by atoms with E-state index in [0.29, 0.717) is 31.0 Å². The van der Waals surface area contributed by atoms with E-state index >= 15 is 0 Å². The van der Waals surface area contributed by atoms with Crippen LogP contribution in [0.2, 0.25) is 0 Å². The zero-order chi connectivity index (χ0) is 18.5. The Morgan fingerprint density at radius 1 is 1.23 bits per heavy atom. The average Bonchev–Trinajstić information content (AvgIpc) is 3.49. The highest BCUT2D eigenvalue weighted by atomic mass is 16.5. The predicted molar refractivity (Wildman–Crippen MR) is 104 cm³/mol. The van der Waals surface area contributed by atoms with Crippen LogP contribution < -0.4 is 4.74 Å². The lowest BCUT2D eigenvalue weighted by Crippen LogP contribution is -2.48. The molecule has 1 heterocycles. The lowest BCUT2D eigenvalue weighted by Gasteiger charge is -2.36. The first-order valence-corrected chi connectivity index (χ1v) is 9.92. The normalized spacial score (nSPS) is 20.0. The van der Waals surface area contributed by atoms with Crippen molar-refractivity contribution in [3.05, 3.63) is 29.8 Å². The van der Waals surface area contributed by atoms with Gasteiger partial charge in [-0.3, -0.25) is 9.69 Å². The van der Waals surface area contributed by atoms with Crippen LogP contribution in [0.1, 0.15) is 38.2 Å². The minimum absolute atomic E-state index is 0.291. The van der Waals surface area contributed by atoms with Crippen molar-refractivity contribution in [2.24, 2.45) is 0 Å². The number of nitrogens with zero attached hydrogens (tertiary/aromatic N) is 3. The first-order valence-electron chi connectivity index (χ1n) is 9.92. The highest BCUT2D eigenvalue weighted by Gasteiger charge is 2.33. The van der Waals surface area contributed by atoms with Gasteiger partial charge in [0.1, 0.15) is 5.75 Å². The largest absolute Gasteiger partial charge is 0.496 e. The Labute approximate surface area is 157 Å². The van der Waals surface area contributed by atoms with Crippen molar-refractivity contribution in [2.45, 2.75) is 51.2 Å². The van der Waals surface area contributed by atoms with E-state index in [-0.39, 0.29) is 0 Å². The number of ether oxygens (including phenoxy) is 1. The van der Waals surface area contributed by atoms with E-state index in [1.165, 1.54) is 0 Å². The third-order valence-electron chi connectivity index (χ3n) is 5.78. The van der Waals surface area contributed by atoms with Gasteiger partial charge in [0.05, 0.1) is 7.11 Å². The molecule has 1 aromatic rings. The van der Waals surface area contributed by atoms with E-state index in [9.17, 15) is 4.79 Å². The number of benzene rings is 1. The van der Waals surface area contributed by atoms with E-state index in [4.69, 9.17) is 4.74 Å². The number of hydrogen-bond acceptors (Lipinski definition) is 4. The van der Waals surface area contributed by atoms with E-state index in [2.05, 4.69) is 34.7 Å². The van der Waals surface area contributed by atoms with Crippen molar-refractivity contribution in [3.8, 4) is 5.75 Å². The first-order chi connectivity index (χ1) is 12.6. The summed E-state index contributed by atoms with van der Waals surface area (Å²) < 4.78 is 5.46. The van der Waals surface area contributed by atoms with Gasteiger partial charge in [0.25, 0.3) is 0 Å². The number of para-hydroxylation sites is 1. The molecule has 2 fully saturated rings. The van der Waals surface area contributed by atoms with Crippen molar-refractivity contribution >= 4 is 5.91 Å². The van der Waals surface area contributed by atoms with Gasteiger partial charge < -0.3 is 14.5 Å². The van der Waals surface area contributed by atoms with Crippen molar-refractivity contribution < 1.29 is 9.53 Å². The molecule has 1 atom stereocenters. The number of piperazine rings is 1. The Morgan fingerprint density at radius 3 is 2.58 bits per heavy atom. The molecule has 1 saturated heterocycles. The van der Waals surface area contributed by atoms with Gasteiger partial charge in [-0.05, 0) is 39.3 Å². The molecule has 26 heavy (non-hydrogen) atoms. The zero-order valence-electron chi connectivity index (χ0n) is 16.5. The van der Waals surface area contributed by atoms with Crippen LogP contribution in [0, 0.1) is 0 Å². The molecule has 5 nitrogen and oxygen atoms in total. The number of hydrogen-bond donors (Lipinski definition) is 0. The first kappa shape index (κ1) is 19.2. The van der Waals surface area contributed by atoms with Crippen molar-refractivity contribution in [2.75, 3.05) is 40.3 Å². The van der Waals surface area contributed by atoms with Crippen LogP contribution in [0.3, 0.4) is 0 Å². The fraction of sp³-hybridized carbons (Fsp3) is 0.667. The molecule has 0 radical (unpaired) electrons. The molecule has 5 heteroatoms. The topological polar surface area (TPSA) is 36.0 Å². The van der Waals surface area contributed by atoms with Gasteiger partial charge in [0.15, 0.2) is 0 Å². The lowest BCUT2D eigenvalue weighted by atomic mass is 10.1. The summed E-state index contributed by atoms with van der Waals surface area (Å²) in [5.41, 5.74) is 1.10. The SMILES string of the molecule is COc1ccccc1CN(C(=O)CC[C@H](C)N1CCN(C)CC1)C1CC1. The molecule has 0 spiro atoms. The average molecular weight is 360 g/mol. The second-order valence-corrected chi connectivity index (χ2v) is 7.79. The van der Waals surface area contributed by atoms with E-state index in [1.54, 1.807) is 7.11 Å². The smallest absolute Gasteiger partial charge is 0.223 e. The Hall–Kier alpha value is -1.59. The highest BCUT2D eigenvalue weighted by molar-refractivity contribution is 5.77. The Bertz CT molecular complexity index is 595. The summed E-state index contributed by atoms with van der Waals surface area (Å²) in [5, 5.41) is 0. The van der Waals surface area contributed by atoms with E-state index in [1.807, 2.05) is 18.2 Å². The maximum Gasteiger partial charge on any atom is 0.223 e. The molecule has 1 aliphatic carbocycles. The monoisotopic (exact) mass is 359 g/mol. The minimum Gasteiger partial charge on any atom is -0.496 e. The summed E-state index contributed by atoms with van der Waals surface area (Å²) in [4.78, 5) is 19.9. The summed E-state index contributed by atoms with van der Waals surface area (Å²) in [5.74, 6) is 1.16. The summed E-state index contributed by atoms with van der Waals surface area (Å²) in [6.45, 7) is 7.40. The Balaban J connectivity index is 1.54. The zero-order valence-corrected chi connectivity index (χ0v) is 16.5. The maximum absolute atomic E-state index is 12.9. The Morgan fingerprint density at radius 2 is 1.92 bits per heavy atom. The van der Waals surface area contributed by atoms with E-state index < -0.39 is 0 Å². The Kier molecular flexibility index (Phi) is 6.54. The second-order valence-electron chi connectivity index (χ2n) is 7.79. The van der Waals surface area contributed by atoms with Crippen molar-refractivity contribution in [1.29, 1.82) is 0 Å². The molecular weight excluding hydrogens is 326 g/mol. The number of rotatable bonds is 8. The van der Waals surface area contributed by atoms with E-state index in [0.717, 1.165) is 56.8 Å². The summed E-state index contributed by atoms with van der Waals surface area (Å²) in [6, 6.07) is 8.92. The van der Waals surface area contributed by atoms with Crippen molar-refractivity contribution in [3.63, 3.8) is 0 Å². The van der Waals surface area contributed by atoms with Crippen LogP contribution in [0.25, 0.3) is 0 Å². The van der Waals surface area contributed by atoms with Crippen LogP contribution in [0.5, 0.6) is 5.75 Å². The van der Waals surface area contributed by atoms with Gasteiger partial charge in [-0.25, -0.2) is 0 Å². The third kappa shape index (κ3) is 4.98. The third-order valence-corrected chi connectivity index (χ3v) is 5.78. The molecule has 0 unspecified atom stereocenters. The number of carbonyl (C=O) groups excluding carboxylic acids is 1. The number of carbonyl (C=O) groups is 1. The molecule has 1 saturated carbocycles. The molecule has 0 N–H and O–H groups in total. The fourth-order valence-corrected chi connectivity index (χ4v) is 3.75. The highest BCUT2D eigenvalue weighted by Crippen LogP contribution is 2.31. The van der Waals surface area contributed by atoms with Gasteiger partial charge in [0.2, 0.25) is 5.91 Å².